The third-order valence-electron chi connectivity index (χ3n) is 3.95. The van der Waals surface area contributed by atoms with Gasteiger partial charge in [0.25, 0.3) is 0 Å². The lowest BCUT2D eigenvalue weighted by atomic mass is 10.1. The van der Waals surface area contributed by atoms with Crippen molar-refractivity contribution in [1.82, 2.24) is 9.38 Å². The summed E-state index contributed by atoms with van der Waals surface area (Å²) in [4.78, 5) is 7.26. The molecular formula is C15H20BrN3O. The average molecular weight is 338 g/mol. The fraction of sp³-hybridized carbons (Fsp3) is 0.533. The molecule has 0 radical (unpaired) electrons. The van der Waals surface area contributed by atoms with E-state index in [1.54, 1.807) is 0 Å². The first kappa shape index (κ1) is 13.9. The molecule has 2 unspecified atom stereocenters. The van der Waals surface area contributed by atoms with Crippen LogP contribution in [0.2, 0.25) is 0 Å². The Morgan fingerprint density at radius 2 is 2.30 bits per heavy atom. The predicted molar refractivity (Wildman–Crippen MR) is 84.7 cm³/mol. The molecule has 0 bridgehead atoms. The van der Waals surface area contributed by atoms with Crippen LogP contribution >= 0.6 is 15.9 Å². The fourth-order valence-electron chi connectivity index (χ4n) is 2.83. The molecule has 0 aromatic carbocycles. The highest BCUT2D eigenvalue weighted by Crippen LogP contribution is 2.28. The molecule has 0 aliphatic carbocycles. The van der Waals surface area contributed by atoms with Gasteiger partial charge in [-0.25, -0.2) is 4.98 Å². The molecule has 1 aliphatic rings. The average Bonchev–Trinajstić information content (AvgIpc) is 2.85. The Morgan fingerprint density at radius 3 is 3.05 bits per heavy atom. The van der Waals surface area contributed by atoms with Gasteiger partial charge >= 0.3 is 0 Å². The van der Waals surface area contributed by atoms with Gasteiger partial charge in [-0.1, -0.05) is 28.9 Å². The summed E-state index contributed by atoms with van der Waals surface area (Å²) < 4.78 is 7.96. The van der Waals surface area contributed by atoms with Gasteiger partial charge in [-0.2, -0.15) is 0 Å². The molecule has 4 nitrogen and oxygen atoms in total. The molecule has 108 valence electrons. The smallest absolute Gasteiger partial charge is 0.152 e. The standard InChI is InChI=1S/C15H20BrN3O/c1-3-12-10-20-11(2)9-19(12)15-13(8-16)18-7-5-4-6-14(18)17-15/h4-7,11-12H,3,8-10H2,1-2H3. The van der Waals surface area contributed by atoms with Gasteiger partial charge < -0.3 is 14.0 Å². The molecule has 1 aliphatic heterocycles. The van der Waals surface area contributed by atoms with E-state index in [0.717, 1.165) is 36.4 Å². The predicted octanol–water partition coefficient (Wildman–Crippen LogP) is 3.23. The van der Waals surface area contributed by atoms with Crippen LogP contribution in [0.15, 0.2) is 24.4 Å². The molecule has 2 aromatic rings. The van der Waals surface area contributed by atoms with Gasteiger partial charge in [0.1, 0.15) is 5.65 Å². The maximum Gasteiger partial charge on any atom is 0.152 e. The number of pyridine rings is 1. The lowest BCUT2D eigenvalue weighted by molar-refractivity contribution is 0.0296. The Hall–Kier alpha value is -1.07. The number of hydrogen-bond donors (Lipinski definition) is 0. The lowest BCUT2D eigenvalue weighted by Gasteiger charge is -2.39. The van der Waals surface area contributed by atoms with Gasteiger partial charge in [0.15, 0.2) is 5.82 Å². The molecule has 3 heterocycles. The monoisotopic (exact) mass is 337 g/mol. The van der Waals surface area contributed by atoms with E-state index in [9.17, 15) is 0 Å². The number of aromatic nitrogens is 2. The number of morpholine rings is 1. The van der Waals surface area contributed by atoms with E-state index in [1.807, 2.05) is 12.1 Å². The minimum Gasteiger partial charge on any atom is -0.375 e. The Morgan fingerprint density at radius 1 is 1.45 bits per heavy atom. The van der Waals surface area contributed by atoms with E-state index < -0.39 is 0 Å². The number of nitrogens with zero attached hydrogens (tertiary/aromatic N) is 3. The number of anilines is 1. The van der Waals surface area contributed by atoms with Crippen molar-refractivity contribution in [3.05, 3.63) is 30.1 Å². The van der Waals surface area contributed by atoms with Crippen LogP contribution in [0.1, 0.15) is 26.0 Å². The molecular weight excluding hydrogens is 318 g/mol. The van der Waals surface area contributed by atoms with Crippen LogP contribution < -0.4 is 4.90 Å². The van der Waals surface area contributed by atoms with Crippen molar-refractivity contribution in [2.45, 2.75) is 37.7 Å². The summed E-state index contributed by atoms with van der Waals surface area (Å²) in [6.07, 6.45) is 3.40. The van der Waals surface area contributed by atoms with Gasteiger partial charge in [-0.3, -0.25) is 0 Å². The Kier molecular flexibility index (Phi) is 3.98. The highest BCUT2D eigenvalue weighted by molar-refractivity contribution is 9.08. The molecule has 1 fully saturated rings. The van der Waals surface area contributed by atoms with Gasteiger partial charge in [0.05, 0.1) is 24.4 Å². The Bertz CT molecular complexity index is 598. The number of fused-ring (bicyclic) bond motifs is 1. The first-order valence-electron chi connectivity index (χ1n) is 7.14. The van der Waals surface area contributed by atoms with Crippen LogP contribution in [0.4, 0.5) is 5.82 Å². The van der Waals surface area contributed by atoms with E-state index in [0.29, 0.717) is 6.04 Å². The van der Waals surface area contributed by atoms with Gasteiger partial charge in [-0.15, -0.1) is 0 Å². The molecule has 0 N–H and O–H groups in total. The van der Waals surface area contributed by atoms with Gasteiger partial charge in [0.2, 0.25) is 0 Å². The molecule has 5 heteroatoms. The molecule has 1 saturated heterocycles. The van der Waals surface area contributed by atoms with Crippen molar-refractivity contribution >= 4 is 27.4 Å². The number of imidazole rings is 1. The van der Waals surface area contributed by atoms with E-state index in [1.165, 1.54) is 5.69 Å². The first-order chi connectivity index (χ1) is 9.74. The zero-order valence-corrected chi connectivity index (χ0v) is 13.5. The molecule has 3 rings (SSSR count). The second-order valence-corrected chi connectivity index (χ2v) is 5.86. The minimum atomic E-state index is 0.255. The molecule has 0 saturated carbocycles. The van der Waals surface area contributed by atoms with Crippen LogP contribution in [0.3, 0.4) is 0 Å². The maximum absolute atomic E-state index is 5.79. The largest absolute Gasteiger partial charge is 0.375 e. The Balaban J connectivity index is 2.07. The van der Waals surface area contributed by atoms with Crippen molar-refractivity contribution in [2.75, 3.05) is 18.1 Å². The van der Waals surface area contributed by atoms with E-state index in [4.69, 9.17) is 9.72 Å². The van der Waals surface area contributed by atoms with Crippen LogP contribution in [-0.2, 0) is 10.1 Å². The number of alkyl halides is 1. The number of rotatable bonds is 3. The summed E-state index contributed by atoms with van der Waals surface area (Å²) >= 11 is 3.61. The van der Waals surface area contributed by atoms with Crippen LogP contribution in [0.25, 0.3) is 5.65 Å². The topological polar surface area (TPSA) is 29.8 Å². The minimum absolute atomic E-state index is 0.255. The highest BCUT2D eigenvalue weighted by Gasteiger charge is 2.29. The van der Waals surface area contributed by atoms with Crippen molar-refractivity contribution in [1.29, 1.82) is 0 Å². The Labute approximate surface area is 127 Å². The van der Waals surface area contributed by atoms with Crippen molar-refractivity contribution in [3.8, 4) is 0 Å². The molecule has 2 aromatic heterocycles. The highest BCUT2D eigenvalue weighted by atomic mass is 79.9. The number of halogens is 1. The number of hydrogen-bond acceptors (Lipinski definition) is 3. The third kappa shape index (κ3) is 2.33. The van der Waals surface area contributed by atoms with Crippen LogP contribution in [-0.4, -0.2) is 34.7 Å². The normalized spacial score (nSPS) is 23.4. The summed E-state index contributed by atoms with van der Waals surface area (Å²) in [5.74, 6) is 1.09. The van der Waals surface area contributed by atoms with Crippen LogP contribution in [0.5, 0.6) is 0 Å². The summed E-state index contributed by atoms with van der Waals surface area (Å²) in [7, 11) is 0. The quantitative estimate of drug-likeness (QED) is 0.805. The van der Waals surface area contributed by atoms with Gasteiger partial charge in [0, 0.05) is 18.1 Å². The summed E-state index contributed by atoms with van der Waals surface area (Å²) in [6.45, 7) is 6.03. The van der Waals surface area contributed by atoms with E-state index in [2.05, 4.69) is 51.3 Å². The molecule has 0 spiro atoms. The molecule has 20 heavy (non-hydrogen) atoms. The zero-order chi connectivity index (χ0) is 14.1. The third-order valence-corrected chi connectivity index (χ3v) is 4.48. The molecule has 0 amide bonds. The summed E-state index contributed by atoms with van der Waals surface area (Å²) in [5.41, 5.74) is 2.22. The maximum atomic E-state index is 5.79. The summed E-state index contributed by atoms with van der Waals surface area (Å²) in [5, 5.41) is 0.801. The summed E-state index contributed by atoms with van der Waals surface area (Å²) in [6, 6.07) is 6.54. The second-order valence-electron chi connectivity index (χ2n) is 5.30. The van der Waals surface area contributed by atoms with Crippen LogP contribution in [0, 0.1) is 0 Å². The van der Waals surface area contributed by atoms with Crippen molar-refractivity contribution in [3.63, 3.8) is 0 Å². The van der Waals surface area contributed by atoms with E-state index in [-0.39, 0.29) is 6.10 Å². The van der Waals surface area contributed by atoms with Crippen molar-refractivity contribution < 1.29 is 4.74 Å². The fourth-order valence-corrected chi connectivity index (χ4v) is 3.35. The van der Waals surface area contributed by atoms with E-state index >= 15 is 0 Å². The van der Waals surface area contributed by atoms with Crippen molar-refractivity contribution in [2.24, 2.45) is 0 Å². The molecule has 2 atom stereocenters. The SMILES string of the molecule is CCC1COC(C)CN1c1nc2ccccn2c1CBr. The second kappa shape index (κ2) is 5.74. The number of ether oxygens (including phenoxy) is 1. The van der Waals surface area contributed by atoms with Gasteiger partial charge in [-0.05, 0) is 25.5 Å². The lowest BCUT2D eigenvalue weighted by Crippen LogP contribution is -2.49. The first-order valence-corrected chi connectivity index (χ1v) is 8.27. The zero-order valence-electron chi connectivity index (χ0n) is 11.9.